The maximum absolute atomic E-state index is 12.9. The molecule has 2 amide bonds. The minimum Gasteiger partial charge on any atom is -0.343 e. The van der Waals surface area contributed by atoms with Gasteiger partial charge in [0, 0.05) is 19.2 Å². The third-order valence-corrected chi connectivity index (χ3v) is 3.15. The van der Waals surface area contributed by atoms with Crippen molar-refractivity contribution in [3.05, 3.63) is 41.7 Å². The van der Waals surface area contributed by atoms with Gasteiger partial charge in [0.05, 0.1) is 6.54 Å². The van der Waals surface area contributed by atoms with Crippen molar-refractivity contribution in [2.75, 3.05) is 19.6 Å². The Morgan fingerprint density at radius 2 is 2.05 bits per heavy atom. The van der Waals surface area contributed by atoms with Crippen molar-refractivity contribution in [2.24, 2.45) is 0 Å². The molecule has 20 heavy (non-hydrogen) atoms. The van der Waals surface area contributed by atoms with Gasteiger partial charge in [-0.1, -0.05) is 12.1 Å². The van der Waals surface area contributed by atoms with E-state index in [1.807, 2.05) is 0 Å². The summed E-state index contributed by atoms with van der Waals surface area (Å²) >= 11 is 0. The smallest absolute Gasteiger partial charge is 0.244 e. The molecular formula is C15H17FN2O2. The van der Waals surface area contributed by atoms with Gasteiger partial charge in [0.25, 0.3) is 0 Å². The SMILES string of the molecule is O=C(/C=C/c1cccc(F)c1)NCC(=O)N1CCCC1. The number of carbonyl (C=O) groups excluding carboxylic acids is 2. The van der Waals surface area contributed by atoms with Crippen molar-refractivity contribution >= 4 is 17.9 Å². The lowest BCUT2D eigenvalue weighted by molar-refractivity contribution is -0.131. The van der Waals surface area contributed by atoms with Crippen LogP contribution in [0.2, 0.25) is 0 Å². The topological polar surface area (TPSA) is 49.4 Å². The normalized spacial score (nSPS) is 14.8. The summed E-state index contributed by atoms with van der Waals surface area (Å²) in [7, 11) is 0. The van der Waals surface area contributed by atoms with Crippen LogP contribution in [0.25, 0.3) is 6.08 Å². The molecule has 0 aliphatic carbocycles. The van der Waals surface area contributed by atoms with E-state index >= 15 is 0 Å². The first-order chi connectivity index (χ1) is 9.65. The molecule has 1 N–H and O–H groups in total. The van der Waals surface area contributed by atoms with E-state index in [0.717, 1.165) is 25.9 Å². The van der Waals surface area contributed by atoms with E-state index in [-0.39, 0.29) is 24.2 Å². The van der Waals surface area contributed by atoms with Crippen LogP contribution in [-0.2, 0) is 9.59 Å². The molecule has 4 nitrogen and oxygen atoms in total. The average Bonchev–Trinajstić information content (AvgIpc) is 2.97. The van der Waals surface area contributed by atoms with E-state index in [9.17, 15) is 14.0 Å². The van der Waals surface area contributed by atoms with Gasteiger partial charge in [-0.2, -0.15) is 0 Å². The Morgan fingerprint density at radius 1 is 1.30 bits per heavy atom. The Labute approximate surface area is 117 Å². The number of amides is 2. The lowest BCUT2D eigenvalue weighted by atomic mass is 10.2. The van der Waals surface area contributed by atoms with Crippen LogP contribution < -0.4 is 5.32 Å². The molecule has 1 aromatic rings. The van der Waals surface area contributed by atoms with Gasteiger partial charge < -0.3 is 10.2 Å². The summed E-state index contributed by atoms with van der Waals surface area (Å²) in [5.74, 6) is -0.770. The molecule has 0 spiro atoms. The first-order valence-electron chi connectivity index (χ1n) is 6.64. The summed E-state index contributed by atoms with van der Waals surface area (Å²) in [6, 6.07) is 5.94. The highest BCUT2D eigenvalue weighted by atomic mass is 19.1. The monoisotopic (exact) mass is 276 g/mol. The number of hydrogen-bond acceptors (Lipinski definition) is 2. The number of rotatable bonds is 4. The molecule has 2 rings (SSSR count). The summed E-state index contributed by atoms with van der Waals surface area (Å²) in [6.45, 7) is 1.55. The number of halogens is 1. The Bertz CT molecular complexity index is 522. The highest BCUT2D eigenvalue weighted by Crippen LogP contribution is 2.07. The van der Waals surface area contributed by atoms with Crippen molar-refractivity contribution in [2.45, 2.75) is 12.8 Å². The van der Waals surface area contributed by atoms with Gasteiger partial charge in [0.15, 0.2) is 0 Å². The molecule has 1 saturated heterocycles. The van der Waals surface area contributed by atoms with Gasteiger partial charge in [-0.05, 0) is 36.6 Å². The number of nitrogens with one attached hydrogen (secondary N) is 1. The number of benzene rings is 1. The minimum atomic E-state index is -0.359. The Morgan fingerprint density at radius 3 is 2.75 bits per heavy atom. The lowest BCUT2D eigenvalue weighted by Gasteiger charge is -2.14. The molecule has 0 unspecified atom stereocenters. The molecule has 0 saturated carbocycles. The summed E-state index contributed by atoms with van der Waals surface area (Å²) in [4.78, 5) is 25.0. The highest BCUT2D eigenvalue weighted by molar-refractivity contribution is 5.94. The number of nitrogens with zero attached hydrogens (tertiary/aromatic N) is 1. The standard InChI is InChI=1S/C15H17FN2O2/c16-13-5-3-4-12(10-13)6-7-14(19)17-11-15(20)18-8-1-2-9-18/h3-7,10H,1-2,8-9,11H2,(H,17,19)/b7-6+. The van der Waals surface area contributed by atoms with E-state index in [1.54, 1.807) is 17.0 Å². The van der Waals surface area contributed by atoms with Gasteiger partial charge >= 0.3 is 0 Å². The van der Waals surface area contributed by atoms with Crippen LogP contribution in [-0.4, -0.2) is 36.3 Å². The molecule has 0 aromatic heterocycles. The summed E-state index contributed by atoms with van der Waals surface area (Å²) < 4.78 is 12.9. The fourth-order valence-electron chi connectivity index (χ4n) is 2.08. The van der Waals surface area contributed by atoms with E-state index in [0.29, 0.717) is 5.56 Å². The van der Waals surface area contributed by atoms with Gasteiger partial charge in [0.1, 0.15) is 5.82 Å². The second-order valence-electron chi connectivity index (χ2n) is 4.69. The van der Waals surface area contributed by atoms with Gasteiger partial charge in [-0.25, -0.2) is 4.39 Å². The highest BCUT2D eigenvalue weighted by Gasteiger charge is 2.17. The van der Waals surface area contributed by atoms with E-state index in [1.165, 1.54) is 24.3 Å². The average molecular weight is 276 g/mol. The van der Waals surface area contributed by atoms with Crippen molar-refractivity contribution in [3.63, 3.8) is 0 Å². The largest absolute Gasteiger partial charge is 0.343 e. The zero-order chi connectivity index (χ0) is 14.4. The zero-order valence-electron chi connectivity index (χ0n) is 11.1. The second-order valence-corrected chi connectivity index (χ2v) is 4.69. The quantitative estimate of drug-likeness (QED) is 0.849. The zero-order valence-corrected chi connectivity index (χ0v) is 11.1. The molecule has 0 atom stereocenters. The predicted molar refractivity (Wildman–Crippen MR) is 74.3 cm³/mol. The molecule has 1 heterocycles. The second kappa shape index (κ2) is 6.84. The Balaban J connectivity index is 1.79. The maximum atomic E-state index is 12.9. The molecule has 106 valence electrons. The molecule has 5 heteroatoms. The van der Waals surface area contributed by atoms with Gasteiger partial charge in [0.2, 0.25) is 11.8 Å². The third kappa shape index (κ3) is 4.19. The molecular weight excluding hydrogens is 259 g/mol. The fourth-order valence-corrected chi connectivity index (χ4v) is 2.08. The van der Waals surface area contributed by atoms with E-state index in [2.05, 4.69) is 5.32 Å². The van der Waals surface area contributed by atoms with Crippen molar-refractivity contribution in [1.82, 2.24) is 10.2 Å². The van der Waals surface area contributed by atoms with Crippen molar-refractivity contribution in [1.29, 1.82) is 0 Å². The maximum Gasteiger partial charge on any atom is 0.244 e. The van der Waals surface area contributed by atoms with E-state index in [4.69, 9.17) is 0 Å². The lowest BCUT2D eigenvalue weighted by Crippen LogP contribution is -2.38. The molecule has 1 aromatic carbocycles. The van der Waals surface area contributed by atoms with Crippen LogP contribution in [0, 0.1) is 5.82 Å². The fraction of sp³-hybridized carbons (Fsp3) is 0.333. The van der Waals surface area contributed by atoms with Crippen LogP contribution in [0.4, 0.5) is 4.39 Å². The van der Waals surface area contributed by atoms with Crippen LogP contribution in [0.5, 0.6) is 0 Å². The van der Waals surface area contributed by atoms with Crippen molar-refractivity contribution < 1.29 is 14.0 Å². The van der Waals surface area contributed by atoms with E-state index < -0.39 is 0 Å². The summed E-state index contributed by atoms with van der Waals surface area (Å²) in [5.41, 5.74) is 0.603. The van der Waals surface area contributed by atoms with Crippen LogP contribution >= 0.6 is 0 Å². The van der Waals surface area contributed by atoms with Crippen molar-refractivity contribution in [3.8, 4) is 0 Å². The van der Waals surface area contributed by atoms with Crippen LogP contribution in [0.1, 0.15) is 18.4 Å². The first kappa shape index (κ1) is 14.2. The number of hydrogen-bond donors (Lipinski definition) is 1. The molecule has 1 fully saturated rings. The Kier molecular flexibility index (Phi) is 4.87. The number of likely N-dealkylation sites (tertiary alicyclic amines) is 1. The Hall–Kier alpha value is -2.17. The van der Waals surface area contributed by atoms with Crippen LogP contribution in [0.15, 0.2) is 30.3 Å². The molecule has 1 aliphatic heterocycles. The first-order valence-corrected chi connectivity index (χ1v) is 6.64. The molecule has 0 radical (unpaired) electrons. The molecule has 1 aliphatic rings. The predicted octanol–water partition coefficient (Wildman–Crippen LogP) is 1.58. The van der Waals surface area contributed by atoms with Crippen LogP contribution in [0.3, 0.4) is 0 Å². The summed E-state index contributed by atoms with van der Waals surface area (Å²) in [6.07, 6.45) is 4.86. The third-order valence-electron chi connectivity index (χ3n) is 3.15. The summed E-state index contributed by atoms with van der Waals surface area (Å²) in [5, 5.41) is 2.53. The van der Waals surface area contributed by atoms with Gasteiger partial charge in [-0.3, -0.25) is 9.59 Å². The molecule has 0 bridgehead atoms. The minimum absolute atomic E-state index is 0.00627. The van der Waals surface area contributed by atoms with Gasteiger partial charge in [-0.15, -0.1) is 0 Å². The number of carbonyl (C=O) groups is 2.